The molecule has 3 aromatic carbocycles. The summed E-state index contributed by atoms with van der Waals surface area (Å²) < 4.78 is 118. The van der Waals surface area contributed by atoms with E-state index in [2.05, 4.69) is 65.9 Å². The van der Waals surface area contributed by atoms with Crippen LogP contribution in [0.25, 0.3) is 33.8 Å². The molecule has 9 rings (SSSR count). The molecule has 0 spiro atoms. The van der Waals surface area contributed by atoms with Crippen LogP contribution in [0.3, 0.4) is 0 Å². The van der Waals surface area contributed by atoms with Gasteiger partial charge in [0.25, 0.3) is 0 Å². The number of nitrogens with one attached hydrogen (secondary N) is 3. The summed E-state index contributed by atoms with van der Waals surface area (Å²) in [4.78, 5) is 61.5. The molecule has 0 bridgehead atoms. The number of nitrogens with zero attached hydrogens (tertiary/aromatic N) is 12. The van der Waals surface area contributed by atoms with E-state index in [0.717, 1.165) is 28.9 Å². The van der Waals surface area contributed by atoms with Gasteiger partial charge in [-0.2, -0.15) is 59.8 Å². The van der Waals surface area contributed by atoms with Gasteiger partial charge in [-0.3, -0.25) is 19.7 Å². The van der Waals surface area contributed by atoms with Crippen LogP contribution in [0, 0.1) is 41.5 Å². The lowest BCUT2D eigenvalue weighted by Gasteiger charge is -2.10. The van der Waals surface area contributed by atoms with Crippen molar-refractivity contribution in [2.24, 2.45) is 0 Å². The first kappa shape index (κ1) is 62.4. The van der Waals surface area contributed by atoms with Crippen molar-refractivity contribution in [3.05, 3.63) is 155 Å². The number of rotatable bonds is 13. The molecule has 0 aliphatic rings. The minimum absolute atomic E-state index is 0.0583. The van der Waals surface area contributed by atoms with Gasteiger partial charge in [-0.05, 0) is 128 Å². The minimum Gasteiger partial charge on any atom is -0.448 e. The predicted molar refractivity (Wildman–Crippen MR) is 295 cm³/mol. The van der Waals surface area contributed by atoms with Crippen molar-refractivity contribution in [2.45, 2.75) is 81.3 Å². The molecule has 3 N–H and O–H groups in total. The molecule has 444 valence electrons. The summed E-state index contributed by atoms with van der Waals surface area (Å²) >= 11 is 0. The number of hydrogen-bond acceptors (Lipinski definition) is 18. The SMILES string of the molecule is CC(=O)n1nc(C)c(-c2cncc(Nc3ccc(C(F)(F)F)cc3)n2)c1C.CCOC(=O)n1nc(C)c(-c2cncc(Nc3ccc(C(F)(F)F)cc3)n2)c1C.CCOC(=O)n1nc(C)c(-c2cncc(Nc3ccc(OC(F)F)cc3)n2)c1C. The third-order valence-electron chi connectivity index (χ3n) is 12.0. The van der Waals surface area contributed by atoms with Crippen molar-refractivity contribution in [3.8, 4) is 39.5 Å². The maximum absolute atomic E-state index is 12.7. The van der Waals surface area contributed by atoms with Crippen molar-refractivity contribution in [2.75, 3.05) is 29.2 Å². The zero-order chi connectivity index (χ0) is 61.9. The molecule has 0 amide bonds. The fourth-order valence-corrected chi connectivity index (χ4v) is 8.36. The number of ether oxygens (including phenoxy) is 3. The first-order valence-corrected chi connectivity index (χ1v) is 25.5. The molecule has 0 unspecified atom stereocenters. The second-order valence-electron chi connectivity index (χ2n) is 18.1. The van der Waals surface area contributed by atoms with Crippen LogP contribution in [-0.4, -0.2) is 97.2 Å². The van der Waals surface area contributed by atoms with E-state index in [4.69, 9.17) is 9.47 Å². The highest BCUT2D eigenvalue weighted by Crippen LogP contribution is 2.34. The van der Waals surface area contributed by atoms with Gasteiger partial charge >= 0.3 is 31.2 Å². The molecule has 29 heteroatoms. The highest BCUT2D eigenvalue weighted by molar-refractivity contribution is 5.80. The molecule has 0 fully saturated rings. The van der Waals surface area contributed by atoms with Crippen LogP contribution >= 0.6 is 0 Å². The Hall–Kier alpha value is -10.2. The van der Waals surface area contributed by atoms with Gasteiger partial charge in [0.15, 0.2) is 0 Å². The Labute approximate surface area is 479 Å². The van der Waals surface area contributed by atoms with Gasteiger partial charge < -0.3 is 30.2 Å². The number of carbonyl (C=O) groups excluding carboxylic acids is 3. The van der Waals surface area contributed by atoms with Crippen LogP contribution in [0.15, 0.2) is 110 Å². The van der Waals surface area contributed by atoms with Gasteiger partial charge in [0, 0.05) is 40.7 Å². The summed E-state index contributed by atoms with van der Waals surface area (Å²) in [7, 11) is 0. The van der Waals surface area contributed by atoms with Crippen molar-refractivity contribution < 1.29 is 63.7 Å². The molecule has 0 aliphatic carbocycles. The lowest BCUT2D eigenvalue weighted by atomic mass is 10.1. The number of aryl methyl sites for hydroxylation is 3. The normalized spacial score (nSPS) is 11.2. The topological polar surface area (TPSA) is 246 Å². The molecule has 0 saturated heterocycles. The van der Waals surface area contributed by atoms with Crippen molar-refractivity contribution >= 4 is 52.6 Å². The number of halogens is 8. The second kappa shape index (κ2) is 26.8. The smallest absolute Gasteiger partial charge is 0.434 e. The third kappa shape index (κ3) is 15.7. The summed E-state index contributed by atoms with van der Waals surface area (Å²) in [5.41, 5.74) is 7.09. The number of aromatic nitrogens is 12. The standard InChI is InChI=1S/C19H18F3N5O2.C19H19F2N5O3.C18H16F3N5O/c1-4-29-18(28)27-12(3)17(11(2)26-27)15-9-23-10-16(25-15)24-14-7-5-13(6-8-14)19(20,21)22;1-4-28-19(27)26-12(3)17(11(2)25-26)15-9-22-10-16(24-15)23-13-5-7-14(8-6-13)29-18(20)21;1-10-17(11(2)26(25-10)12(3)27)15-8-22-9-16(24-15)23-14-6-4-13(5-7-14)18(19,20)21/h5-10H,4H2,1-3H3,(H,24,25);5-10,18H,4H2,1-3H3,(H,23,24);4-9H,1-3H3,(H,23,24). The quantitative estimate of drug-likeness (QED) is 0.0908. The maximum Gasteiger partial charge on any atom is 0.434 e. The van der Waals surface area contributed by atoms with Crippen LogP contribution in [0.5, 0.6) is 5.75 Å². The van der Waals surface area contributed by atoms with Gasteiger partial charge in [0.05, 0.1) is 113 Å². The van der Waals surface area contributed by atoms with E-state index in [1.165, 1.54) is 77.5 Å². The number of hydrogen-bond donors (Lipinski definition) is 3. The fourth-order valence-electron chi connectivity index (χ4n) is 8.36. The van der Waals surface area contributed by atoms with E-state index in [0.29, 0.717) is 102 Å². The molecular weight excluding hydrogens is 1130 g/mol. The molecule has 85 heavy (non-hydrogen) atoms. The summed E-state index contributed by atoms with van der Waals surface area (Å²) in [5, 5.41) is 21.5. The van der Waals surface area contributed by atoms with Crippen LogP contribution in [0.4, 0.5) is 79.2 Å². The molecule has 0 radical (unpaired) electrons. The number of benzene rings is 3. The van der Waals surface area contributed by atoms with Gasteiger partial charge in [-0.25, -0.2) is 29.2 Å². The average molecular weight is 1180 g/mol. The van der Waals surface area contributed by atoms with Crippen molar-refractivity contribution in [1.29, 1.82) is 0 Å². The van der Waals surface area contributed by atoms with Gasteiger partial charge in [0.1, 0.15) is 23.2 Å². The van der Waals surface area contributed by atoms with E-state index in [1.807, 2.05) is 0 Å². The summed E-state index contributed by atoms with van der Waals surface area (Å²) in [6, 6.07) is 15.2. The number of alkyl halides is 8. The molecule has 21 nitrogen and oxygen atoms in total. The Balaban J connectivity index is 0.000000183. The monoisotopic (exact) mass is 1180 g/mol. The molecule has 6 heterocycles. The zero-order valence-electron chi connectivity index (χ0n) is 46.7. The van der Waals surface area contributed by atoms with Crippen LogP contribution in [-0.2, 0) is 21.8 Å². The minimum atomic E-state index is -4.40. The summed E-state index contributed by atoms with van der Waals surface area (Å²) in [6.45, 7) is 12.9. The van der Waals surface area contributed by atoms with E-state index in [1.54, 1.807) is 79.9 Å². The fraction of sp³-hybridized carbons (Fsp3) is 0.250. The van der Waals surface area contributed by atoms with Crippen LogP contribution < -0.4 is 20.7 Å². The largest absolute Gasteiger partial charge is 0.448 e. The zero-order valence-corrected chi connectivity index (χ0v) is 46.7. The van der Waals surface area contributed by atoms with E-state index in [9.17, 15) is 49.5 Å². The Bertz CT molecular complexity index is 3810. The van der Waals surface area contributed by atoms with E-state index < -0.39 is 42.3 Å². The average Bonchev–Trinajstić information content (AvgIpc) is 2.57. The van der Waals surface area contributed by atoms with Crippen molar-refractivity contribution in [3.63, 3.8) is 0 Å². The van der Waals surface area contributed by atoms with E-state index >= 15 is 0 Å². The molecular formula is C56H53F8N15O6. The Morgan fingerprint density at radius 3 is 1.07 bits per heavy atom. The van der Waals surface area contributed by atoms with Gasteiger partial charge in [-0.15, -0.1) is 0 Å². The predicted octanol–water partition coefficient (Wildman–Crippen LogP) is 13.4. The third-order valence-corrected chi connectivity index (χ3v) is 12.0. The molecule has 0 aliphatic heterocycles. The van der Waals surface area contributed by atoms with Crippen molar-refractivity contribution in [1.82, 2.24) is 59.2 Å². The van der Waals surface area contributed by atoms with Gasteiger partial charge in [-0.1, -0.05) is 0 Å². The second-order valence-corrected chi connectivity index (χ2v) is 18.1. The van der Waals surface area contributed by atoms with E-state index in [-0.39, 0.29) is 24.9 Å². The number of anilines is 6. The molecule has 0 saturated carbocycles. The first-order chi connectivity index (χ1) is 40.2. The number of carbonyl (C=O) groups is 3. The Morgan fingerprint density at radius 1 is 0.482 bits per heavy atom. The lowest BCUT2D eigenvalue weighted by molar-refractivity contribution is -0.138. The van der Waals surface area contributed by atoms with Crippen LogP contribution in [0.2, 0.25) is 0 Å². The maximum atomic E-state index is 12.7. The van der Waals surface area contributed by atoms with Crippen LogP contribution in [0.1, 0.15) is 70.9 Å². The highest BCUT2D eigenvalue weighted by atomic mass is 19.4. The molecule has 6 aromatic heterocycles. The molecule has 0 atom stereocenters. The van der Waals surface area contributed by atoms with Gasteiger partial charge in [0.2, 0.25) is 5.91 Å². The lowest BCUT2D eigenvalue weighted by Crippen LogP contribution is -2.16. The highest BCUT2D eigenvalue weighted by Gasteiger charge is 2.31. The summed E-state index contributed by atoms with van der Waals surface area (Å²) in [5.74, 6) is 0.983. The molecule has 9 aromatic rings. The Morgan fingerprint density at radius 2 is 0.788 bits per heavy atom. The summed E-state index contributed by atoms with van der Waals surface area (Å²) in [6.07, 6.45) is -0.882. The first-order valence-electron chi connectivity index (χ1n) is 25.5. The Kier molecular flexibility index (Phi) is 19.7.